The minimum absolute atomic E-state index is 0.110. The summed E-state index contributed by atoms with van der Waals surface area (Å²) in [6, 6.07) is 15.7. The summed E-state index contributed by atoms with van der Waals surface area (Å²) in [6.07, 6.45) is 10.2. The Morgan fingerprint density at radius 1 is 1.08 bits per heavy atom. The van der Waals surface area contributed by atoms with Crippen molar-refractivity contribution in [1.82, 2.24) is 14.9 Å². The normalized spacial score (nSPS) is 16.7. The van der Waals surface area contributed by atoms with E-state index in [1.54, 1.807) is 12.5 Å². The standard InChI is InChI=1S/C29H29N3O4S/c1-20-11-12-27(37-34)24(18-35-16-6-14-32-15-13-30-19-32)29(20)31-28(33)17-23-21-7-2-4-9-25(21)36-26-10-5-3-8-22(23)26/h2-5,7-13,15,19,23-24H,6,14,16-18H2,1H3,(H,31,33). The summed E-state index contributed by atoms with van der Waals surface area (Å²) < 4.78 is 25.9. The zero-order valence-corrected chi connectivity index (χ0v) is 21.4. The van der Waals surface area contributed by atoms with E-state index in [-0.39, 0.29) is 24.2 Å². The van der Waals surface area contributed by atoms with E-state index in [2.05, 4.69) is 10.3 Å². The summed E-state index contributed by atoms with van der Waals surface area (Å²) in [5.41, 5.74) is 3.64. The average molecular weight is 516 g/mol. The number of hydrogen-bond donors (Lipinski definition) is 1. The minimum atomic E-state index is -0.307. The summed E-state index contributed by atoms with van der Waals surface area (Å²) in [5, 5.41) is 3.14. The maximum atomic E-state index is 13.4. The van der Waals surface area contributed by atoms with Crippen molar-refractivity contribution >= 4 is 22.0 Å². The second kappa shape index (κ2) is 11.5. The number of carbonyl (C=O) groups is 1. The van der Waals surface area contributed by atoms with Crippen molar-refractivity contribution in [3.05, 3.63) is 102 Å². The number of carbonyl (C=O) groups excluding carboxylic acids is 1. The third kappa shape index (κ3) is 5.65. The molecule has 1 amide bonds. The van der Waals surface area contributed by atoms with Crippen molar-refractivity contribution in [3.8, 4) is 11.5 Å². The van der Waals surface area contributed by atoms with Gasteiger partial charge in [0.2, 0.25) is 5.91 Å². The molecule has 5 rings (SSSR count). The molecule has 190 valence electrons. The topological polar surface area (TPSA) is 82.4 Å². The highest BCUT2D eigenvalue weighted by Gasteiger charge is 2.31. The maximum Gasteiger partial charge on any atom is 0.225 e. The summed E-state index contributed by atoms with van der Waals surface area (Å²) in [7, 11) is 0. The molecule has 0 fully saturated rings. The SMILES string of the molecule is CC1=C(NC(=O)CC2c3ccccc3Oc3ccccc32)C(COCCCn2ccnc2)C(=S=O)C=C1. The van der Waals surface area contributed by atoms with Gasteiger partial charge in [0.15, 0.2) is 0 Å². The van der Waals surface area contributed by atoms with Crippen LogP contribution < -0.4 is 10.1 Å². The molecule has 2 heterocycles. The number of allylic oxidation sites excluding steroid dienone is 3. The lowest BCUT2D eigenvalue weighted by Gasteiger charge is -2.29. The van der Waals surface area contributed by atoms with Crippen molar-refractivity contribution in [2.24, 2.45) is 5.92 Å². The molecule has 1 aliphatic carbocycles. The fourth-order valence-corrected chi connectivity index (χ4v) is 5.28. The predicted octanol–water partition coefficient (Wildman–Crippen LogP) is 4.58. The summed E-state index contributed by atoms with van der Waals surface area (Å²) in [4.78, 5) is 18.1. The molecule has 2 aliphatic rings. The number of nitrogens with zero attached hydrogens (tertiary/aromatic N) is 2. The zero-order chi connectivity index (χ0) is 25.6. The molecular formula is C29H29N3O4S. The molecule has 3 aromatic rings. The van der Waals surface area contributed by atoms with Crippen molar-refractivity contribution in [2.45, 2.75) is 32.2 Å². The molecule has 8 heteroatoms. The van der Waals surface area contributed by atoms with E-state index in [1.165, 1.54) is 0 Å². The smallest absolute Gasteiger partial charge is 0.225 e. The van der Waals surface area contributed by atoms with E-state index in [9.17, 15) is 9.00 Å². The number of amides is 1. The van der Waals surface area contributed by atoms with Crippen LogP contribution in [-0.2, 0) is 27.3 Å². The van der Waals surface area contributed by atoms with E-state index in [4.69, 9.17) is 9.47 Å². The van der Waals surface area contributed by atoms with Crippen molar-refractivity contribution in [2.75, 3.05) is 13.2 Å². The second-order valence-corrected chi connectivity index (χ2v) is 9.82. The van der Waals surface area contributed by atoms with Gasteiger partial charge in [0.25, 0.3) is 0 Å². The highest BCUT2D eigenvalue weighted by atomic mass is 32.1. The Balaban J connectivity index is 1.28. The molecule has 0 bridgehead atoms. The summed E-state index contributed by atoms with van der Waals surface area (Å²) in [5.74, 6) is 1.00. The van der Waals surface area contributed by atoms with Gasteiger partial charge in [0, 0.05) is 54.7 Å². The first-order valence-electron chi connectivity index (χ1n) is 12.4. The molecule has 7 nitrogen and oxygen atoms in total. The van der Waals surface area contributed by atoms with Crippen molar-refractivity contribution < 1.29 is 18.5 Å². The van der Waals surface area contributed by atoms with Crippen LogP contribution in [0.1, 0.15) is 36.8 Å². The van der Waals surface area contributed by atoms with Gasteiger partial charge in [-0.25, -0.2) is 9.19 Å². The third-order valence-electron chi connectivity index (χ3n) is 6.73. The molecule has 0 spiro atoms. The van der Waals surface area contributed by atoms with Crippen LogP contribution in [0.3, 0.4) is 0 Å². The molecule has 1 aromatic heterocycles. The van der Waals surface area contributed by atoms with Gasteiger partial charge >= 0.3 is 0 Å². The van der Waals surface area contributed by atoms with E-state index in [0.717, 1.165) is 46.9 Å². The van der Waals surface area contributed by atoms with Crippen LogP contribution in [0, 0.1) is 5.92 Å². The number of nitrogens with one attached hydrogen (secondary N) is 1. The molecule has 1 unspecified atom stereocenters. The number of aryl methyl sites for hydroxylation is 1. The van der Waals surface area contributed by atoms with Gasteiger partial charge in [0.1, 0.15) is 11.5 Å². The number of aromatic nitrogens is 2. The fraction of sp³-hybridized carbons (Fsp3) is 0.276. The number of imidazole rings is 1. The van der Waals surface area contributed by atoms with Gasteiger partial charge in [-0.3, -0.25) is 4.79 Å². The van der Waals surface area contributed by atoms with E-state index >= 15 is 0 Å². The Labute approximate surface area is 219 Å². The fourth-order valence-electron chi connectivity index (χ4n) is 4.85. The average Bonchev–Trinajstić information content (AvgIpc) is 3.44. The molecule has 0 saturated carbocycles. The van der Waals surface area contributed by atoms with Crippen LogP contribution in [-0.4, -0.2) is 37.7 Å². The van der Waals surface area contributed by atoms with Gasteiger partial charge in [-0.05, 0) is 37.1 Å². The Morgan fingerprint density at radius 2 is 1.81 bits per heavy atom. The number of benzene rings is 2. The third-order valence-corrected chi connectivity index (χ3v) is 7.34. The van der Waals surface area contributed by atoms with E-state index in [0.29, 0.717) is 29.3 Å². The van der Waals surface area contributed by atoms with Gasteiger partial charge < -0.3 is 19.4 Å². The van der Waals surface area contributed by atoms with E-state index in [1.807, 2.05) is 78.4 Å². The van der Waals surface area contributed by atoms with Crippen LogP contribution in [0.4, 0.5) is 0 Å². The largest absolute Gasteiger partial charge is 0.457 e. The van der Waals surface area contributed by atoms with Crippen molar-refractivity contribution in [1.29, 1.82) is 0 Å². The van der Waals surface area contributed by atoms with Crippen LogP contribution in [0.15, 0.2) is 90.7 Å². The highest BCUT2D eigenvalue weighted by molar-refractivity contribution is 7.67. The molecule has 2 aromatic carbocycles. The van der Waals surface area contributed by atoms with Crippen LogP contribution in [0.5, 0.6) is 11.5 Å². The minimum Gasteiger partial charge on any atom is -0.457 e. The Morgan fingerprint density at radius 3 is 2.49 bits per heavy atom. The Hall–Kier alpha value is -3.75. The molecule has 0 radical (unpaired) electrons. The van der Waals surface area contributed by atoms with Crippen LogP contribution >= 0.6 is 0 Å². The molecule has 1 aliphatic heterocycles. The summed E-state index contributed by atoms with van der Waals surface area (Å²) in [6.45, 7) is 3.63. The zero-order valence-electron chi connectivity index (χ0n) is 20.6. The number of fused-ring (bicyclic) bond motifs is 2. The Bertz CT molecular complexity index is 1340. The summed E-state index contributed by atoms with van der Waals surface area (Å²) >= 11 is 0.451. The van der Waals surface area contributed by atoms with Crippen LogP contribution in [0.25, 0.3) is 0 Å². The van der Waals surface area contributed by atoms with Gasteiger partial charge in [-0.15, -0.1) is 0 Å². The lowest BCUT2D eigenvalue weighted by Crippen LogP contribution is -2.36. The quantitative estimate of drug-likeness (QED) is 0.333. The predicted molar refractivity (Wildman–Crippen MR) is 144 cm³/mol. The molecular weight excluding hydrogens is 486 g/mol. The first-order valence-corrected chi connectivity index (χ1v) is 13.1. The lowest BCUT2D eigenvalue weighted by molar-refractivity contribution is -0.120. The number of rotatable bonds is 9. The molecule has 37 heavy (non-hydrogen) atoms. The first kappa shape index (κ1) is 24.9. The van der Waals surface area contributed by atoms with Crippen molar-refractivity contribution in [3.63, 3.8) is 0 Å². The molecule has 1 atom stereocenters. The highest BCUT2D eigenvalue weighted by Crippen LogP contribution is 2.45. The molecule has 1 N–H and O–H groups in total. The molecule has 0 saturated heterocycles. The first-order chi connectivity index (χ1) is 18.1. The monoisotopic (exact) mass is 515 g/mol. The van der Waals surface area contributed by atoms with Gasteiger partial charge in [-0.2, -0.15) is 0 Å². The van der Waals surface area contributed by atoms with Gasteiger partial charge in [-0.1, -0.05) is 42.5 Å². The number of para-hydroxylation sites is 2. The van der Waals surface area contributed by atoms with Gasteiger partial charge in [0.05, 0.1) is 35.0 Å². The maximum absolute atomic E-state index is 13.4. The Kier molecular flexibility index (Phi) is 7.77. The van der Waals surface area contributed by atoms with Crippen LogP contribution in [0.2, 0.25) is 0 Å². The number of ether oxygens (including phenoxy) is 2. The lowest BCUT2D eigenvalue weighted by atomic mass is 9.85. The number of hydrogen-bond acceptors (Lipinski definition) is 5. The van der Waals surface area contributed by atoms with E-state index < -0.39 is 0 Å². The second-order valence-electron chi connectivity index (χ2n) is 9.18.